The zero-order chi connectivity index (χ0) is 28.4. The maximum Gasteiger partial charge on any atom is 0.319 e. The van der Waals surface area contributed by atoms with Crippen LogP contribution < -0.4 is 15.0 Å². The maximum atomic E-state index is 16.7. The van der Waals surface area contributed by atoms with Gasteiger partial charge in [0.1, 0.15) is 23.6 Å². The van der Waals surface area contributed by atoms with Crippen LogP contribution in [0.25, 0.3) is 32.9 Å². The van der Waals surface area contributed by atoms with Crippen molar-refractivity contribution in [2.75, 3.05) is 44.8 Å². The van der Waals surface area contributed by atoms with E-state index in [4.69, 9.17) is 31.0 Å². The van der Waals surface area contributed by atoms with Gasteiger partial charge in [0.05, 0.1) is 17.0 Å². The lowest BCUT2D eigenvalue weighted by atomic mass is 9.94. The van der Waals surface area contributed by atoms with E-state index in [9.17, 15) is 0 Å². The Morgan fingerprint density at radius 3 is 2.71 bits per heavy atom. The number of ether oxygens (including phenoxy) is 2. The third-order valence-electron chi connectivity index (χ3n) is 9.84. The number of piperazine rings is 1. The van der Waals surface area contributed by atoms with E-state index in [0.29, 0.717) is 40.5 Å². The third-order valence-corrected chi connectivity index (χ3v) is 10.2. The molecule has 4 aliphatic heterocycles. The van der Waals surface area contributed by atoms with Gasteiger partial charge in [-0.1, -0.05) is 41.9 Å². The fraction of sp³-hybridized carbons (Fsp3) is 0.469. The van der Waals surface area contributed by atoms with Crippen LogP contribution >= 0.6 is 11.6 Å². The molecule has 0 aliphatic carbocycles. The van der Waals surface area contributed by atoms with E-state index in [2.05, 4.69) is 20.1 Å². The molecular weight excluding hydrogens is 555 g/mol. The molecule has 6 heterocycles. The quantitative estimate of drug-likeness (QED) is 0.329. The molecule has 4 atom stereocenters. The van der Waals surface area contributed by atoms with Gasteiger partial charge in [-0.05, 0) is 50.1 Å². The summed E-state index contributed by atoms with van der Waals surface area (Å²) in [5.41, 5.74) is 0.973. The van der Waals surface area contributed by atoms with Gasteiger partial charge in [-0.25, -0.2) is 4.39 Å². The summed E-state index contributed by atoms with van der Waals surface area (Å²) in [6, 6.07) is 12.4. The number of rotatable bonds is 6. The summed E-state index contributed by atoms with van der Waals surface area (Å²) in [6.45, 7) is 4.00. The first-order valence-corrected chi connectivity index (χ1v) is 15.3. The molecule has 42 heavy (non-hydrogen) atoms. The molecular formula is C32H34ClFN6O2. The second-order valence-electron chi connectivity index (χ2n) is 12.3. The van der Waals surface area contributed by atoms with E-state index >= 15 is 4.39 Å². The van der Waals surface area contributed by atoms with Crippen molar-refractivity contribution in [3.05, 3.63) is 53.4 Å². The second-order valence-corrected chi connectivity index (χ2v) is 12.7. The molecule has 4 aromatic rings. The molecule has 4 aliphatic rings. The third kappa shape index (κ3) is 4.32. The van der Waals surface area contributed by atoms with E-state index in [1.807, 2.05) is 36.4 Å². The van der Waals surface area contributed by atoms with E-state index in [0.717, 1.165) is 69.1 Å². The highest BCUT2D eigenvalue weighted by Crippen LogP contribution is 2.41. The molecule has 0 radical (unpaired) electrons. The van der Waals surface area contributed by atoms with Crippen LogP contribution in [0.1, 0.15) is 32.1 Å². The number of halogens is 2. The fourth-order valence-electron chi connectivity index (χ4n) is 7.80. The standard InChI is InChI=1S/C32H34ClFN6O2/c1-41-22-13-32(11-4-12-40(32)17-22)18-42-31-37-29-24(30(38-31)39-15-20-9-10-21(16-39)36-20)14-35-28(27(29)34)23-7-2-5-19-6-3-8-25(33)26(19)23/h2-3,5-8,14,20-22,36H,4,9-13,15-18H2,1H3. The fourth-order valence-corrected chi connectivity index (χ4v) is 8.08. The molecule has 4 unspecified atom stereocenters. The molecule has 218 valence electrons. The molecule has 2 aromatic carbocycles. The van der Waals surface area contributed by atoms with Crippen LogP contribution in [0.4, 0.5) is 10.2 Å². The smallest absolute Gasteiger partial charge is 0.319 e. The van der Waals surface area contributed by atoms with Crippen molar-refractivity contribution in [2.45, 2.75) is 55.8 Å². The Labute approximate surface area is 249 Å². The largest absolute Gasteiger partial charge is 0.461 e. The zero-order valence-electron chi connectivity index (χ0n) is 23.7. The molecule has 8 rings (SSSR count). The number of nitrogens with one attached hydrogen (secondary N) is 1. The van der Waals surface area contributed by atoms with E-state index in [1.54, 1.807) is 13.3 Å². The lowest BCUT2D eigenvalue weighted by molar-refractivity contribution is 0.0997. The lowest BCUT2D eigenvalue weighted by Gasteiger charge is -2.34. The highest BCUT2D eigenvalue weighted by atomic mass is 35.5. The predicted octanol–water partition coefficient (Wildman–Crippen LogP) is 5.21. The highest BCUT2D eigenvalue weighted by molar-refractivity contribution is 6.36. The number of anilines is 1. The lowest BCUT2D eigenvalue weighted by Crippen LogP contribution is -2.51. The van der Waals surface area contributed by atoms with Gasteiger partial charge >= 0.3 is 6.01 Å². The van der Waals surface area contributed by atoms with E-state index < -0.39 is 5.82 Å². The summed E-state index contributed by atoms with van der Waals surface area (Å²) in [5, 5.41) is 6.52. The minimum absolute atomic E-state index is 0.102. The second kappa shape index (κ2) is 10.3. The minimum Gasteiger partial charge on any atom is -0.461 e. The Bertz CT molecular complexity index is 1670. The molecule has 10 heteroatoms. The Kier molecular flexibility index (Phi) is 6.48. The molecule has 4 saturated heterocycles. The summed E-state index contributed by atoms with van der Waals surface area (Å²) in [4.78, 5) is 19.0. The van der Waals surface area contributed by atoms with Crippen molar-refractivity contribution in [1.29, 1.82) is 0 Å². The minimum atomic E-state index is -0.493. The van der Waals surface area contributed by atoms with Gasteiger partial charge in [0.25, 0.3) is 0 Å². The van der Waals surface area contributed by atoms with Crippen LogP contribution in [0, 0.1) is 5.82 Å². The van der Waals surface area contributed by atoms with Gasteiger partial charge in [-0.2, -0.15) is 9.97 Å². The number of nitrogens with zero attached hydrogens (tertiary/aromatic N) is 5. The van der Waals surface area contributed by atoms with Crippen molar-refractivity contribution < 1.29 is 13.9 Å². The Balaban J connectivity index is 1.23. The first-order chi connectivity index (χ1) is 20.5. The number of fused-ring (bicyclic) bond motifs is 5. The zero-order valence-corrected chi connectivity index (χ0v) is 24.4. The molecule has 0 spiro atoms. The number of pyridine rings is 1. The van der Waals surface area contributed by atoms with Crippen LogP contribution in [0.5, 0.6) is 6.01 Å². The van der Waals surface area contributed by atoms with Crippen molar-refractivity contribution in [3.8, 4) is 17.3 Å². The topological polar surface area (TPSA) is 75.6 Å². The number of methoxy groups -OCH3 is 1. The predicted molar refractivity (Wildman–Crippen MR) is 162 cm³/mol. The summed E-state index contributed by atoms with van der Waals surface area (Å²) >= 11 is 6.61. The van der Waals surface area contributed by atoms with Crippen LogP contribution in [-0.2, 0) is 4.74 Å². The van der Waals surface area contributed by atoms with Crippen molar-refractivity contribution in [3.63, 3.8) is 0 Å². The average molecular weight is 589 g/mol. The first-order valence-electron chi connectivity index (χ1n) is 15.0. The summed E-state index contributed by atoms with van der Waals surface area (Å²) in [6.07, 6.45) is 7.25. The Morgan fingerprint density at radius 2 is 1.90 bits per heavy atom. The summed E-state index contributed by atoms with van der Waals surface area (Å²) < 4.78 is 28.8. The van der Waals surface area contributed by atoms with Crippen LogP contribution in [0.15, 0.2) is 42.6 Å². The number of aromatic nitrogens is 3. The molecule has 2 bridgehead atoms. The van der Waals surface area contributed by atoms with E-state index in [1.165, 1.54) is 0 Å². The Morgan fingerprint density at radius 1 is 1.10 bits per heavy atom. The van der Waals surface area contributed by atoms with Crippen molar-refractivity contribution >= 4 is 39.1 Å². The molecule has 1 N–H and O–H groups in total. The number of hydrogen-bond acceptors (Lipinski definition) is 8. The maximum absolute atomic E-state index is 16.7. The van der Waals surface area contributed by atoms with Crippen molar-refractivity contribution in [2.24, 2.45) is 0 Å². The molecule has 4 fully saturated rings. The highest BCUT2D eigenvalue weighted by Gasteiger charge is 2.49. The average Bonchev–Trinajstić information content (AvgIpc) is 3.67. The van der Waals surface area contributed by atoms with Gasteiger partial charge in [0.15, 0.2) is 5.82 Å². The van der Waals surface area contributed by atoms with Crippen LogP contribution in [0.2, 0.25) is 5.02 Å². The van der Waals surface area contributed by atoms with Gasteiger partial charge in [0.2, 0.25) is 0 Å². The molecule has 2 aromatic heterocycles. The normalized spacial score (nSPS) is 27.3. The van der Waals surface area contributed by atoms with Crippen molar-refractivity contribution in [1.82, 2.24) is 25.2 Å². The number of benzene rings is 2. The van der Waals surface area contributed by atoms with Gasteiger partial charge < -0.3 is 19.7 Å². The Hall–Kier alpha value is -3.11. The number of hydrogen-bond donors (Lipinski definition) is 1. The summed E-state index contributed by atoms with van der Waals surface area (Å²) in [7, 11) is 1.78. The van der Waals surface area contributed by atoms with Gasteiger partial charge in [-0.15, -0.1) is 0 Å². The van der Waals surface area contributed by atoms with Crippen LogP contribution in [-0.4, -0.2) is 83.5 Å². The summed E-state index contributed by atoms with van der Waals surface area (Å²) in [5.74, 6) is 0.191. The first kappa shape index (κ1) is 26.5. The monoisotopic (exact) mass is 588 g/mol. The van der Waals surface area contributed by atoms with Gasteiger partial charge in [0, 0.05) is 61.0 Å². The molecule has 0 saturated carbocycles. The van der Waals surface area contributed by atoms with Crippen LogP contribution in [0.3, 0.4) is 0 Å². The molecule has 8 nitrogen and oxygen atoms in total. The van der Waals surface area contributed by atoms with E-state index in [-0.39, 0.29) is 28.9 Å². The SMILES string of the molecule is COC1CN2CCCC2(COc2nc(N3CC4CCC(C3)N4)c3cnc(-c4cccc5cccc(Cl)c45)c(F)c3n2)C1. The van der Waals surface area contributed by atoms with Gasteiger partial charge in [-0.3, -0.25) is 9.88 Å². The molecule has 0 amide bonds.